The minimum Gasteiger partial charge on any atom is -0.348 e. The molecule has 0 fully saturated rings. The maximum absolute atomic E-state index is 12.4. The molecule has 1 amide bonds. The number of nitrogens with one attached hydrogen (secondary N) is 1. The Hall–Kier alpha value is -2.91. The first kappa shape index (κ1) is 17.9. The van der Waals surface area contributed by atoms with Crippen LogP contribution in [0, 0.1) is 0 Å². The molecule has 4 heteroatoms. The number of carbonyl (C=O) groups excluding carboxylic acids is 2. The van der Waals surface area contributed by atoms with E-state index >= 15 is 0 Å². The molecule has 3 nitrogen and oxygen atoms in total. The number of rotatable bonds is 6. The van der Waals surface area contributed by atoms with E-state index < -0.39 is 0 Å². The average molecular weight is 364 g/mol. The van der Waals surface area contributed by atoms with Crippen LogP contribution in [0.2, 0.25) is 5.02 Å². The summed E-state index contributed by atoms with van der Waals surface area (Å²) in [6.07, 6.45) is 1.54. The maximum Gasteiger partial charge on any atom is 0.251 e. The molecule has 0 bridgehead atoms. The van der Waals surface area contributed by atoms with Gasteiger partial charge in [0.05, 0.1) is 0 Å². The van der Waals surface area contributed by atoms with Crippen molar-refractivity contribution in [3.05, 3.63) is 106 Å². The lowest BCUT2D eigenvalue weighted by Gasteiger charge is -2.08. The Morgan fingerprint density at radius 3 is 2.27 bits per heavy atom. The van der Waals surface area contributed by atoms with Gasteiger partial charge in [0.25, 0.3) is 5.91 Å². The Morgan fingerprint density at radius 1 is 0.885 bits per heavy atom. The lowest BCUT2D eigenvalue weighted by Crippen LogP contribution is -2.22. The van der Waals surface area contributed by atoms with E-state index in [9.17, 15) is 9.59 Å². The monoisotopic (exact) mass is 363 g/mol. The third-order valence-electron chi connectivity index (χ3n) is 4.08. The fraction of sp³-hybridized carbons (Fsp3) is 0.0909. The zero-order valence-corrected chi connectivity index (χ0v) is 14.9. The zero-order valence-electron chi connectivity index (χ0n) is 14.1. The number of amides is 1. The molecule has 1 N–H and O–H groups in total. The predicted molar refractivity (Wildman–Crippen MR) is 104 cm³/mol. The van der Waals surface area contributed by atoms with Gasteiger partial charge in [-0.1, -0.05) is 60.1 Å². The van der Waals surface area contributed by atoms with Crippen LogP contribution in [-0.2, 0) is 13.0 Å². The van der Waals surface area contributed by atoms with E-state index in [1.165, 1.54) is 0 Å². The summed E-state index contributed by atoms with van der Waals surface area (Å²) in [7, 11) is 0. The summed E-state index contributed by atoms with van der Waals surface area (Å²) in [5.41, 5.74) is 4.40. The van der Waals surface area contributed by atoms with Crippen LogP contribution in [0.15, 0.2) is 72.8 Å². The highest BCUT2D eigenvalue weighted by Gasteiger charge is 2.07. The van der Waals surface area contributed by atoms with E-state index in [0.29, 0.717) is 22.7 Å². The molecule has 0 spiro atoms. The van der Waals surface area contributed by atoms with Crippen molar-refractivity contribution in [2.75, 3.05) is 0 Å². The van der Waals surface area contributed by atoms with Crippen LogP contribution in [0.3, 0.4) is 0 Å². The van der Waals surface area contributed by atoms with Crippen LogP contribution in [0.5, 0.6) is 0 Å². The largest absolute Gasteiger partial charge is 0.348 e. The first-order valence-electron chi connectivity index (χ1n) is 8.30. The molecule has 0 saturated heterocycles. The predicted octanol–water partition coefficient (Wildman–Crippen LogP) is 4.67. The zero-order chi connectivity index (χ0) is 18.4. The van der Waals surface area contributed by atoms with Gasteiger partial charge in [0, 0.05) is 22.7 Å². The molecule has 0 aliphatic heterocycles. The van der Waals surface area contributed by atoms with Gasteiger partial charge in [-0.2, -0.15) is 0 Å². The third kappa shape index (κ3) is 4.80. The summed E-state index contributed by atoms with van der Waals surface area (Å²) >= 11 is 5.91. The van der Waals surface area contributed by atoms with E-state index in [-0.39, 0.29) is 5.91 Å². The number of aldehydes is 1. The molecule has 3 aromatic carbocycles. The fourth-order valence-electron chi connectivity index (χ4n) is 2.66. The molecule has 0 heterocycles. The van der Waals surface area contributed by atoms with Crippen LogP contribution in [0.25, 0.3) is 0 Å². The second kappa shape index (κ2) is 8.45. The molecule has 0 unspecified atom stereocenters. The Labute approximate surface area is 157 Å². The Morgan fingerprint density at radius 2 is 1.58 bits per heavy atom. The SMILES string of the molecule is O=Cc1ccc(CNC(=O)c2cccc(Cc3ccc(Cl)cc3)c2)cc1. The Bertz CT molecular complexity index is 902. The van der Waals surface area contributed by atoms with Crippen LogP contribution < -0.4 is 5.32 Å². The third-order valence-corrected chi connectivity index (χ3v) is 4.33. The van der Waals surface area contributed by atoms with Crippen LogP contribution in [-0.4, -0.2) is 12.2 Å². The fourth-order valence-corrected chi connectivity index (χ4v) is 2.78. The number of hydrogen-bond acceptors (Lipinski definition) is 2. The molecule has 0 aromatic heterocycles. The van der Waals surface area contributed by atoms with Crippen molar-refractivity contribution < 1.29 is 9.59 Å². The first-order valence-corrected chi connectivity index (χ1v) is 8.67. The maximum atomic E-state index is 12.4. The number of halogens is 1. The van der Waals surface area contributed by atoms with E-state index in [2.05, 4.69) is 5.32 Å². The molecule has 0 aliphatic rings. The number of benzene rings is 3. The van der Waals surface area contributed by atoms with E-state index in [1.807, 2.05) is 54.6 Å². The minimum atomic E-state index is -0.123. The molecule has 0 atom stereocenters. The summed E-state index contributed by atoms with van der Waals surface area (Å²) < 4.78 is 0. The molecular weight excluding hydrogens is 346 g/mol. The van der Waals surface area contributed by atoms with Crippen molar-refractivity contribution in [2.24, 2.45) is 0 Å². The highest BCUT2D eigenvalue weighted by atomic mass is 35.5. The van der Waals surface area contributed by atoms with Crippen LogP contribution in [0.4, 0.5) is 0 Å². The Kier molecular flexibility index (Phi) is 5.82. The summed E-state index contributed by atoms with van der Waals surface area (Å²) in [5.74, 6) is -0.123. The van der Waals surface area contributed by atoms with E-state index in [0.717, 1.165) is 29.4 Å². The smallest absolute Gasteiger partial charge is 0.251 e. The van der Waals surface area contributed by atoms with Crippen molar-refractivity contribution in [1.29, 1.82) is 0 Å². The van der Waals surface area contributed by atoms with Crippen LogP contribution >= 0.6 is 11.6 Å². The summed E-state index contributed by atoms with van der Waals surface area (Å²) in [6.45, 7) is 0.416. The molecule has 0 radical (unpaired) electrons. The molecule has 130 valence electrons. The molecule has 26 heavy (non-hydrogen) atoms. The van der Waals surface area contributed by atoms with E-state index in [1.54, 1.807) is 18.2 Å². The minimum absolute atomic E-state index is 0.123. The van der Waals surface area contributed by atoms with Gasteiger partial charge >= 0.3 is 0 Å². The van der Waals surface area contributed by atoms with Crippen molar-refractivity contribution in [3.63, 3.8) is 0 Å². The van der Waals surface area contributed by atoms with Gasteiger partial charge in [-0.05, 0) is 47.4 Å². The van der Waals surface area contributed by atoms with Crippen molar-refractivity contribution in [1.82, 2.24) is 5.32 Å². The van der Waals surface area contributed by atoms with Crippen molar-refractivity contribution in [3.8, 4) is 0 Å². The lowest BCUT2D eigenvalue weighted by molar-refractivity contribution is 0.0950. The molecule has 3 aromatic rings. The summed E-state index contributed by atoms with van der Waals surface area (Å²) in [5, 5.41) is 3.62. The van der Waals surface area contributed by atoms with E-state index in [4.69, 9.17) is 11.6 Å². The second-order valence-corrected chi connectivity index (χ2v) is 6.48. The molecule has 0 aliphatic carbocycles. The standard InChI is InChI=1S/C22H18ClNO2/c23-21-10-8-16(9-11-21)12-19-2-1-3-20(13-19)22(26)24-14-17-4-6-18(15-25)7-5-17/h1-11,13,15H,12,14H2,(H,24,26). The van der Waals surface area contributed by atoms with Gasteiger partial charge in [0.1, 0.15) is 6.29 Å². The normalized spacial score (nSPS) is 10.3. The molecule has 3 rings (SSSR count). The van der Waals surface area contributed by atoms with Gasteiger partial charge in [-0.25, -0.2) is 0 Å². The molecule has 0 saturated carbocycles. The van der Waals surface area contributed by atoms with Crippen molar-refractivity contribution in [2.45, 2.75) is 13.0 Å². The molecular formula is C22H18ClNO2. The van der Waals surface area contributed by atoms with Crippen molar-refractivity contribution >= 4 is 23.8 Å². The number of carbonyl (C=O) groups is 2. The summed E-state index contributed by atoms with van der Waals surface area (Å²) in [4.78, 5) is 23.1. The van der Waals surface area contributed by atoms with Gasteiger partial charge in [0.15, 0.2) is 0 Å². The topological polar surface area (TPSA) is 46.2 Å². The average Bonchev–Trinajstić information content (AvgIpc) is 2.68. The van der Waals surface area contributed by atoms with Gasteiger partial charge in [-0.3, -0.25) is 9.59 Å². The quantitative estimate of drug-likeness (QED) is 0.647. The highest BCUT2D eigenvalue weighted by Crippen LogP contribution is 2.15. The van der Waals surface area contributed by atoms with Gasteiger partial charge in [-0.15, -0.1) is 0 Å². The number of hydrogen-bond donors (Lipinski definition) is 1. The first-order chi connectivity index (χ1) is 12.6. The van der Waals surface area contributed by atoms with Crippen LogP contribution in [0.1, 0.15) is 37.4 Å². The van der Waals surface area contributed by atoms with Gasteiger partial charge < -0.3 is 5.32 Å². The van der Waals surface area contributed by atoms with Gasteiger partial charge in [0.2, 0.25) is 0 Å². The second-order valence-electron chi connectivity index (χ2n) is 6.05. The highest BCUT2D eigenvalue weighted by molar-refractivity contribution is 6.30. The summed E-state index contributed by atoms with van der Waals surface area (Å²) in [6, 6.07) is 22.4. The lowest BCUT2D eigenvalue weighted by atomic mass is 10.0. The Balaban J connectivity index is 1.63.